The summed E-state index contributed by atoms with van der Waals surface area (Å²) in [5, 5.41) is 5.43. The summed E-state index contributed by atoms with van der Waals surface area (Å²) >= 11 is 0. The Labute approximate surface area is 234 Å². The Kier molecular flexibility index (Phi) is 10.2. The number of carbonyl (C=O) groups excluding carboxylic acids is 3. The molecule has 3 amide bonds. The number of aryl methyl sites for hydroxylation is 1. The highest BCUT2D eigenvalue weighted by atomic mass is 16.6. The molecule has 0 saturated heterocycles. The summed E-state index contributed by atoms with van der Waals surface area (Å²) in [5.41, 5.74) is 0.642. The predicted octanol–water partition coefficient (Wildman–Crippen LogP) is 4.52. The van der Waals surface area contributed by atoms with E-state index in [1.54, 1.807) is 58.0 Å². The fraction of sp³-hybridized carbons (Fsp3) is 0.367. The van der Waals surface area contributed by atoms with Crippen LogP contribution in [-0.2, 0) is 27.4 Å². The number of methoxy groups -OCH3 is 2. The number of furan rings is 1. The molecule has 40 heavy (non-hydrogen) atoms. The smallest absolute Gasteiger partial charge is 0.408 e. The van der Waals surface area contributed by atoms with Gasteiger partial charge in [0.1, 0.15) is 29.7 Å². The van der Waals surface area contributed by atoms with Gasteiger partial charge >= 0.3 is 6.09 Å². The molecule has 1 aromatic heterocycles. The van der Waals surface area contributed by atoms with E-state index in [-0.39, 0.29) is 13.1 Å². The lowest BCUT2D eigenvalue weighted by molar-refractivity contribution is -0.141. The van der Waals surface area contributed by atoms with Gasteiger partial charge < -0.3 is 34.2 Å². The van der Waals surface area contributed by atoms with Gasteiger partial charge in [-0.3, -0.25) is 9.59 Å². The number of amides is 3. The van der Waals surface area contributed by atoms with Crippen LogP contribution in [0.4, 0.5) is 4.79 Å². The van der Waals surface area contributed by atoms with Crippen molar-refractivity contribution in [2.45, 2.75) is 52.4 Å². The Balaban J connectivity index is 1.99. The number of nitrogens with one attached hydrogen (secondary N) is 2. The van der Waals surface area contributed by atoms with Gasteiger partial charge in [-0.05, 0) is 63.1 Å². The number of carbonyl (C=O) groups is 3. The molecule has 2 N–H and O–H groups in total. The van der Waals surface area contributed by atoms with Crippen LogP contribution in [0.3, 0.4) is 0 Å². The highest BCUT2D eigenvalue weighted by molar-refractivity contribution is 5.90. The minimum Gasteiger partial charge on any atom is -0.493 e. The van der Waals surface area contributed by atoms with Crippen LogP contribution in [0.15, 0.2) is 65.1 Å². The molecule has 0 aliphatic heterocycles. The lowest BCUT2D eigenvalue weighted by Crippen LogP contribution is -2.47. The van der Waals surface area contributed by atoms with E-state index in [1.807, 2.05) is 30.3 Å². The third kappa shape index (κ3) is 8.52. The van der Waals surface area contributed by atoms with Crippen molar-refractivity contribution in [1.82, 2.24) is 15.5 Å². The van der Waals surface area contributed by atoms with Gasteiger partial charge in [0.25, 0.3) is 0 Å². The molecule has 3 aromatic rings. The molecule has 1 atom stereocenters. The summed E-state index contributed by atoms with van der Waals surface area (Å²) in [4.78, 5) is 41.2. The van der Waals surface area contributed by atoms with Gasteiger partial charge in [0.05, 0.1) is 20.8 Å². The SMILES string of the molecule is COc1ccc(C(C(=O)NCc2ccccc2)N(Cc2ccc(C)o2)C(=O)CNC(=O)OC(C)(C)C)cc1OC. The largest absolute Gasteiger partial charge is 0.493 e. The average molecular weight is 552 g/mol. The quantitative estimate of drug-likeness (QED) is 0.360. The van der Waals surface area contributed by atoms with E-state index >= 15 is 0 Å². The fourth-order valence-electron chi connectivity index (χ4n) is 4.00. The summed E-state index contributed by atoms with van der Waals surface area (Å²) < 4.78 is 21.9. The number of nitrogens with zero attached hydrogens (tertiary/aromatic N) is 1. The molecule has 0 aliphatic rings. The lowest BCUT2D eigenvalue weighted by atomic mass is 10.0. The number of hydrogen-bond donors (Lipinski definition) is 2. The summed E-state index contributed by atoms with van der Waals surface area (Å²) in [5.74, 6) is 1.06. The van der Waals surface area contributed by atoms with Crippen LogP contribution >= 0.6 is 0 Å². The third-order valence-corrected chi connectivity index (χ3v) is 5.82. The van der Waals surface area contributed by atoms with E-state index < -0.39 is 36.1 Å². The van der Waals surface area contributed by atoms with E-state index in [4.69, 9.17) is 18.6 Å². The van der Waals surface area contributed by atoms with Crippen molar-refractivity contribution in [3.8, 4) is 11.5 Å². The molecular formula is C30H37N3O7. The number of ether oxygens (including phenoxy) is 3. The third-order valence-electron chi connectivity index (χ3n) is 5.82. The fourth-order valence-corrected chi connectivity index (χ4v) is 4.00. The number of hydrogen-bond acceptors (Lipinski definition) is 7. The maximum absolute atomic E-state index is 13.8. The molecule has 1 heterocycles. The molecule has 214 valence electrons. The van der Waals surface area contributed by atoms with Gasteiger partial charge in [-0.15, -0.1) is 0 Å². The highest BCUT2D eigenvalue weighted by Crippen LogP contribution is 2.33. The van der Waals surface area contributed by atoms with Gasteiger partial charge in [0.15, 0.2) is 11.5 Å². The van der Waals surface area contributed by atoms with Gasteiger partial charge in [-0.25, -0.2) is 4.79 Å². The Morgan fingerprint density at radius 1 is 0.925 bits per heavy atom. The second-order valence-electron chi connectivity index (χ2n) is 10.1. The summed E-state index contributed by atoms with van der Waals surface area (Å²) in [6.45, 7) is 6.79. The minimum absolute atomic E-state index is 0.0273. The molecule has 0 saturated carbocycles. The first-order chi connectivity index (χ1) is 19.0. The maximum atomic E-state index is 13.8. The van der Waals surface area contributed by atoms with Gasteiger partial charge in [-0.1, -0.05) is 36.4 Å². The molecule has 0 spiro atoms. The summed E-state index contributed by atoms with van der Waals surface area (Å²) in [6, 6.07) is 16.9. The number of rotatable bonds is 11. The minimum atomic E-state index is -1.10. The monoisotopic (exact) mass is 551 g/mol. The van der Waals surface area contributed by atoms with Crippen LogP contribution in [0.25, 0.3) is 0 Å². The molecule has 1 unspecified atom stereocenters. The number of benzene rings is 2. The van der Waals surface area contributed by atoms with Gasteiger partial charge in [0, 0.05) is 6.54 Å². The van der Waals surface area contributed by atoms with E-state index in [9.17, 15) is 14.4 Å². The van der Waals surface area contributed by atoms with Crippen LogP contribution in [-0.4, -0.2) is 49.2 Å². The molecule has 2 aromatic carbocycles. The van der Waals surface area contributed by atoms with E-state index in [1.165, 1.54) is 19.1 Å². The molecular weight excluding hydrogens is 514 g/mol. The van der Waals surface area contributed by atoms with E-state index in [2.05, 4.69) is 10.6 Å². The Bertz CT molecular complexity index is 1300. The predicted molar refractivity (Wildman–Crippen MR) is 149 cm³/mol. The first kappa shape index (κ1) is 30.1. The van der Waals surface area contributed by atoms with Crippen LogP contribution in [0.2, 0.25) is 0 Å². The molecule has 0 radical (unpaired) electrons. The van der Waals surface area contributed by atoms with Crippen LogP contribution < -0.4 is 20.1 Å². The second-order valence-corrected chi connectivity index (χ2v) is 10.1. The Hall–Kier alpha value is -4.47. The standard InChI is InChI=1S/C30H37N3O7/c1-20-12-14-23(39-20)19-33(26(34)18-32-29(36)40-30(2,3)4)27(22-13-15-24(37-5)25(16-22)38-6)28(35)31-17-21-10-8-7-9-11-21/h7-16,27H,17-19H2,1-6H3,(H,31,35)(H,32,36). The molecule has 0 aliphatic carbocycles. The molecule has 0 fully saturated rings. The first-order valence-electron chi connectivity index (χ1n) is 12.9. The highest BCUT2D eigenvalue weighted by Gasteiger charge is 2.33. The Morgan fingerprint density at radius 3 is 2.23 bits per heavy atom. The summed E-state index contributed by atoms with van der Waals surface area (Å²) in [6.07, 6.45) is -0.745. The van der Waals surface area contributed by atoms with Crippen molar-refractivity contribution in [3.05, 3.63) is 83.3 Å². The van der Waals surface area contributed by atoms with Crippen molar-refractivity contribution in [2.24, 2.45) is 0 Å². The number of alkyl carbamates (subject to hydrolysis) is 1. The zero-order valence-electron chi connectivity index (χ0n) is 23.8. The van der Waals surface area contributed by atoms with E-state index in [0.717, 1.165) is 5.56 Å². The van der Waals surface area contributed by atoms with Crippen molar-refractivity contribution in [2.75, 3.05) is 20.8 Å². The van der Waals surface area contributed by atoms with E-state index in [0.29, 0.717) is 28.6 Å². The second kappa shape index (κ2) is 13.5. The van der Waals surface area contributed by atoms with Crippen LogP contribution in [0.5, 0.6) is 11.5 Å². The zero-order valence-corrected chi connectivity index (χ0v) is 23.8. The average Bonchev–Trinajstić information content (AvgIpc) is 3.34. The normalized spacial score (nSPS) is 11.8. The van der Waals surface area contributed by atoms with Crippen molar-refractivity contribution < 1.29 is 33.0 Å². The lowest BCUT2D eigenvalue weighted by Gasteiger charge is -2.31. The van der Waals surface area contributed by atoms with Crippen molar-refractivity contribution >= 4 is 17.9 Å². The summed E-state index contributed by atoms with van der Waals surface area (Å²) in [7, 11) is 3.00. The van der Waals surface area contributed by atoms with Gasteiger partial charge in [-0.2, -0.15) is 0 Å². The van der Waals surface area contributed by atoms with Crippen LogP contribution in [0, 0.1) is 6.92 Å². The maximum Gasteiger partial charge on any atom is 0.408 e. The topological polar surface area (TPSA) is 119 Å². The zero-order chi connectivity index (χ0) is 29.3. The van der Waals surface area contributed by atoms with Crippen molar-refractivity contribution in [1.29, 1.82) is 0 Å². The molecule has 10 nitrogen and oxygen atoms in total. The van der Waals surface area contributed by atoms with Gasteiger partial charge in [0.2, 0.25) is 11.8 Å². The Morgan fingerprint density at radius 2 is 1.62 bits per heavy atom. The molecule has 10 heteroatoms. The van der Waals surface area contributed by atoms with Crippen molar-refractivity contribution in [3.63, 3.8) is 0 Å². The first-order valence-corrected chi connectivity index (χ1v) is 12.9. The molecule has 3 rings (SSSR count). The van der Waals surface area contributed by atoms with Crippen LogP contribution in [0.1, 0.15) is 49.5 Å². The molecule has 0 bridgehead atoms.